The maximum atomic E-state index is 12.4. The zero-order valence-electron chi connectivity index (χ0n) is 10.3. The van der Waals surface area contributed by atoms with Crippen molar-refractivity contribution in [3.05, 3.63) is 17.7 Å². The van der Waals surface area contributed by atoms with Crippen molar-refractivity contribution in [2.45, 2.75) is 27.7 Å². The van der Waals surface area contributed by atoms with Crippen LogP contribution in [0.15, 0.2) is 21.9 Å². The van der Waals surface area contributed by atoms with Gasteiger partial charge in [0, 0.05) is 0 Å². The minimum atomic E-state index is -6.30. The fourth-order valence-corrected chi connectivity index (χ4v) is 3.21. The van der Waals surface area contributed by atoms with E-state index < -0.39 is 57.9 Å². The molecule has 13 heteroatoms. The summed E-state index contributed by atoms with van der Waals surface area (Å²) in [5, 5.41) is 11.4. The fraction of sp³-hybridized carbons (Fsp3) is 0.333. The molecule has 0 aromatic heterocycles. The Morgan fingerprint density at radius 2 is 1.27 bits per heavy atom. The lowest BCUT2D eigenvalue weighted by Crippen LogP contribution is -2.27. The Labute approximate surface area is 120 Å². The van der Waals surface area contributed by atoms with E-state index in [9.17, 15) is 48.3 Å². The number of halogens is 6. The van der Waals surface area contributed by atoms with Gasteiger partial charge in [0.1, 0.15) is 0 Å². The molecule has 126 valence electrons. The van der Waals surface area contributed by atoms with Gasteiger partial charge in [-0.1, -0.05) is 11.3 Å². The molecule has 0 radical (unpaired) electrons. The standard InChI is InChI=1S/C9H6F6O5S2/c1-4-2-5(21(17,18)8(10,11)12)3-6(7(4)16)22(19,20)9(13,14)15/h2-3,16H,1H3/p-1. The number of benzene rings is 1. The smallest absolute Gasteiger partial charge is 0.501 e. The molecule has 1 aromatic carbocycles. The van der Waals surface area contributed by atoms with Crippen LogP contribution in [0.4, 0.5) is 26.3 Å². The molecule has 0 fully saturated rings. The Kier molecular flexibility index (Phi) is 4.22. The van der Waals surface area contributed by atoms with Gasteiger partial charge in [-0.15, -0.1) is 0 Å². The second-order valence-corrected chi connectivity index (χ2v) is 7.82. The highest BCUT2D eigenvalue weighted by molar-refractivity contribution is 7.93. The molecule has 22 heavy (non-hydrogen) atoms. The molecule has 1 rings (SSSR count). The van der Waals surface area contributed by atoms with Crippen LogP contribution in [0.25, 0.3) is 0 Å². The van der Waals surface area contributed by atoms with Crippen molar-refractivity contribution >= 4 is 19.7 Å². The number of hydrogen-bond donors (Lipinski definition) is 0. The number of sulfone groups is 2. The predicted octanol–water partition coefficient (Wildman–Crippen LogP) is 1.66. The molecule has 0 atom stereocenters. The SMILES string of the molecule is Cc1cc(S(=O)(=O)C(F)(F)F)cc(S(=O)(=O)C(F)(F)F)c1[O-]. The highest BCUT2D eigenvalue weighted by Crippen LogP contribution is 2.39. The largest absolute Gasteiger partial charge is 0.871 e. The van der Waals surface area contributed by atoms with Crippen molar-refractivity contribution in [1.82, 2.24) is 0 Å². The Morgan fingerprint density at radius 3 is 1.64 bits per heavy atom. The Bertz CT molecular complexity index is 804. The fourth-order valence-electron chi connectivity index (χ4n) is 1.32. The highest BCUT2D eigenvalue weighted by atomic mass is 32.2. The Morgan fingerprint density at radius 1 is 0.864 bits per heavy atom. The van der Waals surface area contributed by atoms with Gasteiger partial charge in [0.25, 0.3) is 19.7 Å². The van der Waals surface area contributed by atoms with Crippen molar-refractivity contribution < 1.29 is 48.3 Å². The molecule has 0 amide bonds. The lowest BCUT2D eigenvalue weighted by atomic mass is 10.2. The lowest BCUT2D eigenvalue weighted by molar-refractivity contribution is -0.273. The molecular weight excluding hydrogens is 366 g/mol. The molecule has 0 N–H and O–H groups in total. The van der Waals surface area contributed by atoms with E-state index >= 15 is 0 Å². The van der Waals surface area contributed by atoms with E-state index in [0.717, 1.165) is 0 Å². The van der Waals surface area contributed by atoms with E-state index in [4.69, 9.17) is 0 Å². The molecule has 0 aliphatic carbocycles. The van der Waals surface area contributed by atoms with E-state index in [1.165, 1.54) is 0 Å². The zero-order valence-corrected chi connectivity index (χ0v) is 11.9. The first-order valence-electron chi connectivity index (χ1n) is 4.98. The topological polar surface area (TPSA) is 91.3 Å². The average Bonchev–Trinajstić information content (AvgIpc) is 2.28. The number of rotatable bonds is 2. The third kappa shape index (κ3) is 2.86. The van der Waals surface area contributed by atoms with Crippen molar-refractivity contribution in [3.63, 3.8) is 0 Å². The van der Waals surface area contributed by atoms with E-state index in [1.54, 1.807) is 0 Å². The minimum Gasteiger partial charge on any atom is -0.871 e. The molecule has 0 aliphatic heterocycles. The lowest BCUT2D eigenvalue weighted by Gasteiger charge is -2.20. The maximum Gasteiger partial charge on any atom is 0.501 e. The molecule has 0 saturated heterocycles. The molecule has 0 unspecified atom stereocenters. The summed E-state index contributed by atoms with van der Waals surface area (Å²) in [5.41, 5.74) is -12.7. The van der Waals surface area contributed by atoms with Gasteiger partial charge >= 0.3 is 11.0 Å². The number of hydrogen-bond acceptors (Lipinski definition) is 5. The van der Waals surface area contributed by atoms with Gasteiger partial charge in [-0.05, 0) is 19.1 Å². The minimum absolute atomic E-state index is 0.153. The van der Waals surface area contributed by atoms with Crippen LogP contribution in [-0.4, -0.2) is 27.9 Å². The van der Waals surface area contributed by atoms with Gasteiger partial charge in [-0.25, -0.2) is 16.8 Å². The normalized spacial score (nSPS) is 14.1. The van der Waals surface area contributed by atoms with E-state index in [2.05, 4.69) is 0 Å². The van der Waals surface area contributed by atoms with Gasteiger partial charge in [0.15, 0.2) is 0 Å². The molecule has 0 bridgehead atoms. The quantitative estimate of drug-likeness (QED) is 0.738. The predicted molar refractivity (Wildman–Crippen MR) is 57.1 cm³/mol. The molecule has 5 nitrogen and oxygen atoms in total. The third-order valence-electron chi connectivity index (χ3n) is 2.42. The van der Waals surface area contributed by atoms with E-state index in [0.29, 0.717) is 6.92 Å². The van der Waals surface area contributed by atoms with E-state index in [-0.39, 0.29) is 6.07 Å². The van der Waals surface area contributed by atoms with Crippen molar-refractivity contribution in [2.75, 3.05) is 0 Å². The van der Waals surface area contributed by atoms with Crippen LogP contribution in [0.2, 0.25) is 0 Å². The van der Waals surface area contributed by atoms with Crippen molar-refractivity contribution in [2.24, 2.45) is 0 Å². The van der Waals surface area contributed by atoms with E-state index in [1.807, 2.05) is 0 Å². The molecular formula is C9H5F6O5S2-. The van der Waals surface area contributed by atoms with Crippen LogP contribution >= 0.6 is 0 Å². The van der Waals surface area contributed by atoms with Gasteiger partial charge in [-0.3, -0.25) is 0 Å². The molecule has 0 spiro atoms. The Balaban J connectivity index is 3.82. The maximum absolute atomic E-state index is 12.4. The van der Waals surface area contributed by atoms with Gasteiger partial charge in [-0.2, -0.15) is 26.3 Å². The monoisotopic (exact) mass is 371 g/mol. The van der Waals surface area contributed by atoms with Crippen LogP contribution in [0, 0.1) is 6.92 Å². The summed E-state index contributed by atoms with van der Waals surface area (Å²) in [6.07, 6.45) is 0. The van der Waals surface area contributed by atoms with Crippen LogP contribution in [0.5, 0.6) is 5.75 Å². The highest BCUT2D eigenvalue weighted by Gasteiger charge is 2.50. The number of alkyl halides is 6. The third-order valence-corrected chi connectivity index (χ3v) is 5.38. The van der Waals surface area contributed by atoms with Crippen molar-refractivity contribution in [1.29, 1.82) is 0 Å². The zero-order chi connectivity index (χ0) is 17.7. The Hall–Kier alpha value is -1.50. The molecule has 0 heterocycles. The summed E-state index contributed by atoms with van der Waals surface area (Å²) in [5.74, 6) is -1.74. The van der Waals surface area contributed by atoms with Crippen LogP contribution < -0.4 is 5.11 Å². The second-order valence-electron chi connectivity index (χ2n) is 3.97. The molecule has 1 aromatic rings. The first-order chi connectivity index (χ1) is 9.53. The van der Waals surface area contributed by atoms with Gasteiger partial charge < -0.3 is 5.11 Å². The average molecular weight is 371 g/mol. The number of aryl methyl sites for hydroxylation is 1. The van der Waals surface area contributed by atoms with Crippen LogP contribution in [-0.2, 0) is 19.7 Å². The first kappa shape index (κ1) is 18.5. The summed E-state index contributed by atoms with van der Waals surface area (Å²) in [6, 6.07) is -0.290. The summed E-state index contributed by atoms with van der Waals surface area (Å²) in [7, 11) is -12.4. The van der Waals surface area contributed by atoms with Gasteiger partial charge in [0.05, 0.1) is 9.79 Å². The second kappa shape index (κ2) is 5.01. The summed E-state index contributed by atoms with van der Waals surface area (Å²) < 4.78 is 119. The summed E-state index contributed by atoms with van der Waals surface area (Å²) in [4.78, 5) is -3.84. The summed E-state index contributed by atoms with van der Waals surface area (Å²) in [6.45, 7) is 0.688. The molecule has 0 saturated carbocycles. The first-order valence-corrected chi connectivity index (χ1v) is 7.94. The van der Waals surface area contributed by atoms with Crippen molar-refractivity contribution in [3.8, 4) is 5.75 Å². The molecule has 0 aliphatic rings. The summed E-state index contributed by atoms with van der Waals surface area (Å²) >= 11 is 0. The van der Waals surface area contributed by atoms with Crippen LogP contribution in [0.3, 0.4) is 0 Å². The van der Waals surface area contributed by atoms with Gasteiger partial charge in [0.2, 0.25) is 0 Å². The van der Waals surface area contributed by atoms with Crippen LogP contribution in [0.1, 0.15) is 5.56 Å².